The van der Waals surface area contributed by atoms with Crippen LogP contribution in [0.2, 0.25) is 0 Å². The van der Waals surface area contributed by atoms with Crippen LogP contribution in [0.3, 0.4) is 0 Å². The zero-order valence-electron chi connectivity index (χ0n) is 11.2. The molecule has 0 aromatic heterocycles. The molecule has 5 heteroatoms. The number of nitrogens with zero attached hydrogens (tertiary/aromatic N) is 1. The molecular weight excluding hydrogens is 242 g/mol. The Morgan fingerprint density at radius 1 is 1.26 bits per heavy atom. The lowest BCUT2D eigenvalue weighted by atomic mass is 10.1. The van der Waals surface area contributed by atoms with Gasteiger partial charge in [0.25, 0.3) is 0 Å². The molecule has 1 aromatic rings. The van der Waals surface area contributed by atoms with E-state index in [2.05, 4.69) is 0 Å². The van der Waals surface area contributed by atoms with Gasteiger partial charge in [-0.2, -0.15) is 0 Å². The van der Waals surface area contributed by atoms with E-state index in [9.17, 15) is 4.79 Å². The first kappa shape index (κ1) is 15.5. The van der Waals surface area contributed by atoms with Crippen LogP contribution in [0, 0.1) is 0 Å². The SMILES string of the molecule is NC(=O)CN(CCCCCO)Cc1cccc(N)c1. The van der Waals surface area contributed by atoms with Gasteiger partial charge in [0.05, 0.1) is 6.54 Å². The van der Waals surface area contributed by atoms with Crippen molar-refractivity contribution in [1.29, 1.82) is 0 Å². The number of amides is 1. The largest absolute Gasteiger partial charge is 0.399 e. The van der Waals surface area contributed by atoms with Crippen LogP contribution < -0.4 is 11.5 Å². The molecule has 0 saturated carbocycles. The summed E-state index contributed by atoms with van der Waals surface area (Å²) in [5.74, 6) is -0.328. The summed E-state index contributed by atoms with van der Waals surface area (Å²) in [4.78, 5) is 13.1. The number of nitrogens with two attached hydrogens (primary N) is 2. The van der Waals surface area contributed by atoms with Gasteiger partial charge in [-0.05, 0) is 43.5 Å². The Labute approximate surface area is 114 Å². The van der Waals surface area contributed by atoms with Gasteiger partial charge < -0.3 is 16.6 Å². The molecule has 0 aliphatic rings. The van der Waals surface area contributed by atoms with E-state index in [0.717, 1.165) is 37.1 Å². The van der Waals surface area contributed by atoms with E-state index in [1.807, 2.05) is 29.2 Å². The summed E-state index contributed by atoms with van der Waals surface area (Å²) in [5.41, 5.74) is 12.8. The van der Waals surface area contributed by atoms with Crippen molar-refractivity contribution in [2.45, 2.75) is 25.8 Å². The van der Waals surface area contributed by atoms with Crippen LogP contribution in [-0.2, 0) is 11.3 Å². The van der Waals surface area contributed by atoms with Crippen molar-refractivity contribution in [3.05, 3.63) is 29.8 Å². The predicted octanol–water partition coefficient (Wildman–Crippen LogP) is 0.719. The molecular formula is C14H23N3O2. The fraction of sp³-hybridized carbons (Fsp3) is 0.500. The van der Waals surface area contributed by atoms with Gasteiger partial charge in [0.2, 0.25) is 5.91 Å². The minimum atomic E-state index is -0.328. The molecule has 0 unspecified atom stereocenters. The predicted molar refractivity (Wildman–Crippen MR) is 76.3 cm³/mol. The van der Waals surface area contributed by atoms with Crippen LogP contribution >= 0.6 is 0 Å². The third-order valence-electron chi connectivity index (χ3n) is 2.87. The Bertz CT molecular complexity index is 396. The number of hydrogen-bond donors (Lipinski definition) is 3. The normalized spacial score (nSPS) is 10.8. The van der Waals surface area contributed by atoms with E-state index < -0.39 is 0 Å². The number of aliphatic hydroxyl groups is 1. The molecule has 5 N–H and O–H groups in total. The minimum absolute atomic E-state index is 0.213. The van der Waals surface area contributed by atoms with Gasteiger partial charge in [-0.25, -0.2) is 0 Å². The molecule has 0 bridgehead atoms. The Hall–Kier alpha value is -1.59. The maximum Gasteiger partial charge on any atom is 0.231 e. The number of hydrogen-bond acceptors (Lipinski definition) is 4. The number of nitrogen functional groups attached to an aromatic ring is 1. The Balaban J connectivity index is 2.51. The van der Waals surface area contributed by atoms with E-state index in [4.69, 9.17) is 16.6 Å². The fourth-order valence-electron chi connectivity index (χ4n) is 2.01. The lowest BCUT2D eigenvalue weighted by Crippen LogP contribution is -2.34. The van der Waals surface area contributed by atoms with Crippen LogP contribution in [0.15, 0.2) is 24.3 Å². The first-order chi connectivity index (χ1) is 9.11. The van der Waals surface area contributed by atoms with E-state index in [1.165, 1.54) is 0 Å². The summed E-state index contributed by atoms with van der Waals surface area (Å²) in [6, 6.07) is 7.63. The van der Waals surface area contributed by atoms with Crippen LogP contribution in [0.5, 0.6) is 0 Å². The van der Waals surface area contributed by atoms with Crippen LogP contribution in [0.1, 0.15) is 24.8 Å². The van der Waals surface area contributed by atoms with Gasteiger partial charge in [-0.1, -0.05) is 12.1 Å². The average Bonchev–Trinajstić information content (AvgIpc) is 2.34. The van der Waals surface area contributed by atoms with Crippen molar-refractivity contribution in [3.8, 4) is 0 Å². The van der Waals surface area contributed by atoms with Gasteiger partial charge >= 0.3 is 0 Å². The minimum Gasteiger partial charge on any atom is -0.399 e. The summed E-state index contributed by atoms with van der Waals surface area (Å²) in [5, 5.41) is 8.74. The van der Waals surface area contributed by atoms with Crippen molar-refractivity contribution in [2.24, 2.45) is 5.73 Å². The molecule has 1 amide bonds. The molecule has 0 heterocycles. The van der Waals surface area contributed by atoms with Crippen LogP contribution in [0.25, 0.3) is 0 Å². The monoisotopic (exact) mass is 265 g/mol. The third kappa shape index (κ3) is 6.79. The van der Waals surface area contributed by atoms with Crippen molar-refractivity contribution in [2.75, 3.05) is 25.4 Å². The quantitative estimate of drug-likeness (QED) is 0.453. The molecule has 106 valence electrons. The molecule has 1 rings (SSSR count). The topological polar surface area (TPSA) is 92.6 Å². The summed E-state index contributed by atoms with van der Waals surface area (Å²) in [6.45, 7) is 1.91. The molecule has 0 fully saturated rings. The maximum atomic E-state index is 11.1. The molecule has 19 heavy (non-hydrogen) atoms. The van der Waals surface area contributed by atoms with Gasteiger partial charge in [0, 0.05) is 18.8 Å². The zero-order chi connectivity index (χ0) is 14.1. The second kappa shape index (κ2) is 8.50. The second-order valence-electron chi connectivity index (χ2n) is 4.71. The van der Waals surface area contributed by atoms with Crippen molar-refractivity contribution < 1.29 is 9.90 Å². The molecule has 0 radical (unpaired) electrons. The molecule has 1 aromatic carbocycles. The molecule has 5 nitrogen and oxygen atoms in total. The van der Waals surface area contributed by atoms with Crippen LogP contribution in [0.4, 0.5) is 5.69 Å². The van der Waals surface area contributed by atoms with Crippen LogP contribution in [-0.4, -0.2) is 35.6 Å². The van der Waals surface area contributed by atoms with Gasteiger partial charge in [0.15, 0.2) is 0 Å². The number of primary amides is 1. The highest BCUT2D eigenvalue weighted by atomic mass is 16.2. The highest BCUT2D eigenvalue weighted by Gasteiger charge is 2.09. The van der Waals surface area contributed by atoms with Gasteiger partial charge in [-0.15, -0.1) is 0 Å². The molecule has 0 spiro atoms. The zero-order valence-corrected chi connectivity index (χ0v) is 11.2. The number of benzene rings is 1. The fourth-order valence-corrected chi connectivity index (χ4v) is 2.01. The number of anilines is 1. The Morgan fingerprint density at radius 2 is 2.05 bits per heavy atom. The summed E-state index contributed by atoms with van der Waals surface area (Å²) in [7, 11) is 0. The number of rotatable bonds is 9. The standard InChI is InChI=1S/C14H23N3O2/c15-13-6-4-5-12(9-13)10-17(11-14(16)19)7-2-1-3-8-18/h4-6,9,18H,1-3,7-8,10-11,15H2,(H2,16,19). The molecule has 0 aliphatic carbocycles. The van der Waals surface area contributed by atoms with E-state index in [-0.39, 0.29) is 19.1 Å². The number of carbonyl (C=O) groups excluding carboxylic acids is 1. The molecule has 0 aliphatic heterocycles. The highest BCUT2D eigenvalue weighted by Crippen LogP contribution is 2.10. The summed E-state index contributed by atoms with van der Waals surface area (Å²) >= 11 is 0. The smallest absolute Gasteiger partial charge is 0.231 e. The molecule has 0 atom stereocenters. The second-order valence-corrected chi connectivity index (χ2v) is 4.71. The third-order valence-corrected chi connectivity index (χ3v) is 2.87. The highest BCUT2D eigenvalue weighted by molar-refractivity contribution is 5.75. The van der Waals surface area contributed by atoms with Crippen molar-refractivity contribution in [3.63, 3.8) is 0 Å². The Kier molecular flexibility index (Phi) is 6.92. The summed E-state index contributed by atoms with van der Waals surface area (Å²) in [6.07, 6.45) is 2.68. The number of carbonyl (C=O) groups is 1. The molecule has 0 saturated heterocycles. The first-order valence-electron chi connectivity index (χ1n) is 6.57. The number of unbranched alkanes of at least 4 members (excludes halogenated alkanes) is 2. The lowest BCUT2D eigenvalue weighted by molar-refractivity contribution is -0.119. The maximum absolute atomic E-state index is 11.1. The van der Waals surface area contributed by atoms with Crippen molar-refractivity contribution >= 4 is 11.6 Å². The Morgan fingerprint density at radius 3 is 2.68 bits per heavy atom. The number of aliphatic hydroxyl groups excluding tert-OH is 1. The van der Waals surface area contributed by atoms with Gasteiger partial charge in [-0.3, -0.25) is 9.69 Å². The van der Waals surface area contributed by atoms with E-state index in [1.54, 1.807) is 0 Å². The van der Waals surface area contributed by atoms with E-state index >= 15 is 0 Å². The van der Waals surface area contributed by atoms with E-state index in [0.29, 0.717) is 6.54 Å². The first-order valence-corrected chi connectivity index (χ1v) is 6.57. The van der Waals surface area contributed by atoms with Crippen molar-refractivity contribution in [1.82, 2.24) is 4.90 Å². The summed E-state index contributed by atoms with van der Waals surface area (Å²) < 4.78 is 0. The average molecular weight is 265 g/mol. The van der Waals surface area contributed by atoms with Gasteiger partial charge in [0.1, 0.15) is 0 Å². The lowest BCUT2D eigenvalue weighted by Gasteiger charge is -2.20.